The highest BCUT2D eigenvalue weighted by molar-refractivity contribution is 9.10. The first-order valence-electron chi connectivity index (χ1n) is 5.16. The molecule has 0 unspecified atom stereocenters. The summed E-state index contributed by atoms with van der Waals surface area (Å²) in [6.45, 7) is 2.09. The van der Waals surface area contributed by atoms with E-state index in [2.05, 4.69) is 15.9 Å². The number of hydrogen-bond acceptors (Lipinski definition) is 3. The zero-order valence-corrected chi connectivity index (χ0v) is 10.8. The van der Waals surface area contributed by atoms with E-state index in [9.17, 15) is 14.4 Å². The van der Waals surface area contributed by atoms with Crippen LogP contribution in [0.1, 0.15) is 22.3 Å². The third-order valence-corrected chi connectivity index (χ3v) is 3.15. The van der Waals surface area contributed by atoms with Crippen molar-refractivity contribution < 1.29 is 14.4 Å². The molecule has 2 rings (SSSR count). The Labute approximate surface area is 107 Å². The van der Waals surface area contributed by atoms with Crippen molar-refractivity contribution in [1.29, 1.82) is 0 Å². The van der Waals surface area contributed by atoms with Crippen molar-refractivity contribution in [3.63, 3.8) is 0 Å². The molecule has 1 aliphatic rings. The van der Waals surface area contributed by atoms with Gasteiger partial charge in [-0.25, -0.2) is 0 Å². The molecule has 5 heteroatoms. The Balaban J connectivity index is 2.52. The second-order valence-corrected chi connectivity index (χ2v) is 4.78. The normalized spacial score (nSPS) is 14.1. The van der Waals surface area contributed by atoms with Crippen LogP contribution in [-0.2, 0) is 9.59 Å². The van der Waals surface area contributed by atoms with Crippen LogP contribution in [0.2, 0.25) is 0 Å². The van der Waals surface area contributed by atoms with Gasteiger partial charge in [-0.05, 0) is 24.6 Å². The Hall–Kier alpha value is -1.49. The van der Waals surface area contributed by atoms with Crippen molar-refractivity contribution in [3.8, 4) is 0 Å². The Morgan fingerprint density at radius 1 is 1.35 bits per heavy atom. The van der Waals surface area contributed by atoms with E-state index >= 15 is 0 Å². The Kier molecular flexibility index (Phi) is 3.11. The molecule has 0 bridgehead atoms. The highest BCUT2D eigenvalue weighted by atomic mass is 79.9. The summed E-state index contributed by atoms with van der Waals surface area (Å²) in [5, 5.41) is 0. The van der Waals surface area contributed by atoms with Crippen LogP contribution in [0.3, 0.4) is 0 Å². The number of fused-ring (bicyclic) bond motifs is 1. The molecule has 1 amide bonds. The smallest absolute Gasteiger partial charge is 0.299 e. The third kappa shape index (κ3) is 1.91. The molecule has 0 N–H and O–H groups in total. The summed E-state index contributed by atoms with van der Waals surface area (Å²) >= 11 is 3.30. The predicted octanol–water partition coefficient (Wildman–Crippen LogP) is 1.88. The molecular weight excluding hydrogens is 286 g/mol. The van der Waals surface area contributed by atoms with E-state index in [0.29, 0.717) is 11.3 Å². The number of aldehydes is 1. The van der Waals surface area contributed by atoms with Crippen LogP contribution in [0.15, 0.2) is 16.6 Å². The number of ketones is 1. The number of hydrogen-bond donors (Lipinski definition) is 0. The van der Waals surface area contributed by atoms with Gasteiger partial charge in [-0.1, -0.05) is 15.9 Å². The van der Waals surface area contributed by atoms with Gasteiger partial charge in [0.25, 0.3) is 11.7 Å². The minimum absolute atomic E-state index is 0.230. The summed E-state index contributed by atoms with van der Waals surface area (Å²) in [4.78, 5) is 35.3. The van der Waals surface area contributed by atoms with Gasteiger partial charge in [-0.2, -0.15) is 0 Å². The fourth-order valence-electron chi connectivity index (χ4n) is 2.00. The first kappa shape index (κ1) is 12.0. The summed E-state index contributed by atoms with van der Waals surface area (Å²) in [5.74, 6) is -1.06. The molecular formula is C12H10BrNO3. The molecule has 0 fully saturated rings. The van der Waals surface area contributed by atoms with Crippen LogP contribution >= 0.6 is 15.9 Å². The lowest BCUT2D eigenvalue weighted by Gasteiger charge is -2.17. The molecule has 1 aromatic rings. The second kappa shape index (κ2) is 4.41. The van der Waals surface area contributed by atoms with E-state index in [0.717, 1.165) is 16.3 Å². The van der Waals surface area contributed by atoms with Gasteiger partial charge in [0.2, 0.25) is 0 Å². The number of carbonyl (C=O) groups excluding carboxylic acids is 3. The summed E-state index contributed by atoms with van der Waals surface area (Å²) in [6, 6.07) is 3.49. The summed E-state index contributed by atoms with van der Waals surface area (Å²) in [6.07, 6.45) is 0.970. The molecule has 0 atom stereocenters. The highest BCUT2D eigenvalue weighted by Gasteiger charge is 2.36. The maximum absolute atomic E-state index is 11.8. The molecule has 0 aromatic heterocycles. The zero-order valence-electron chi connectivity index (χ0n) is 9.20. The lowest BCUT2D eigenvalue weighted by molar-refractivity contribution is -0.114. The van der Waals surface area contributed by atoms with Gasteiger partial charge in [0.1, 0.15) is 6.29 Å². The fourth-order valence-corrected chi connectivity index (χ4v) is 2.57. The lowest BCUT2D eigenvalue weighted by atomic mass is 10.1. The molecule has 0 saturated carbocycles. The number of rotatable bonds is 3. The number of nitrogens with zero attached hydrogens (tertiary/aromatic N) is 1. The molecule has 1 aromatic carbocycles. The second-order valence-electron chi connectivity index (χ2n) is 3.86. The van der Waals surface area contributed by atoms with Gasteiger partial charge in [0.15, 0.2) is 0 Å². The average molecular weight is 296 g/mol. The number of benzene rings is 1. The monoisotopic (exact) mass is 295 g/mol. The van der Waals surface area contributed by atoms with E-state index < -0.39 is 11.7 Å². The van der Waals surface area contributed by atoms with Gasteiger partial charge in [0.05, 0.1) is 11.3 Å². The van der Waals surface area contributed by atoms with Crippen molar-refractivity contribution in [2.24, 2.45) is 0 Å². The van der Waals surface area contributed by atoms with E-state index in [4.69, 9.17) is 0 Å². The van der Waals surface area contributed by atoms with Crippen molar-refractivity contribution in [2.45, 2.75) is 13.3 Å². The van der Waals surface area contributed by atoms with E-state index in [-0.39, 0.29) is 13.0 Å². The van der Waals surface area contributed by atoms with Crippen LogP contribution in [0, 0.1) is 6.92 Å². The summed E-state index contributed by atoms with van der Waals surface area (Å²) in [5.41, 5.74) is 1.89. The van der Waals surface area contributed by atoms with Crippen LogP contribution in [0.25, 0.3) is 0 Å². The Morgan fingerprint density at radius 3 is 2.71 bits per heavy atom. The third-order valence-electron chi connectivity index (χ3n) is 2.69. The summed E-state index contributed by atoms with van der Waals surface area (Å²) < 4.78 is 0.770. The zero-order chi connectivity index (χ0) is 12.6. The predicted molar refractivity (Wildman–Crippen MR) is 66.2 cm³/mol. The average Bonchev–Trinajstić information content (AvgIpc) is 2.51. The molecule has 4 nitrogen and oxygen atoms in total. The topological polar surface area (TPSA) is 54.5 Å². The molecule has 0 aliphatic carbocycles. The quantitative estimate of drug-likeness (QED) is 0.632. The Bertz CT molecular complexity index is 525. The first-order valence-corrected chi connectivity index (χ1v) is 5.95. The Morgan fingerprint density at radius 2 is 2.06 bits per heavy atom. The number of amides is 1. The number of anilines is 1. The van der Waals surface area contributed by atoms with Crippen molar-refractivity contribution in [2.75, 3.05) is 11.4 Å². The summed E-state index contributed by atoms with van der Waals surface area (Å²) in [7, 11) is 0. The molecule has 17 heavy (non-hydrogen) atoms. The maximum atomic E-state index is 11.8. The van der Waals surface area contributed by atoms with Crippen LogP contribution < -0.4 is 4.90 Å². The SMILES string of the molecule is Cc1cc(Br)cc2c1N(CCC=O)C(=O)C2=O. The lowest BCUT2D eigenvalue weighted by Crippen LogP contribution is -2.31. The van der Waals surface area contributed by atoms with Crippen molar-refractivity contribution in [3.05, 3.63) is 27.7 Å². The van der Waals surface area contributed by atoms with Crippen LogP contribution in [0.4, 0.5) is 5.69 Å². The highest BCUT2D eigenvalue weighted by Crippen LogP contribution is 2.34. The molecule has 0 spiro atoms. The van der Waals surface area contributed by atoms with Crippen LogP contribution in [0.5, 0.6) is 0 Å². The molecule has 88 valence electrons. The number of aryl methyl sites for hydroxylation is 1. The molecule has 1 heterocycles. The first-order chi connectivity index (χ1) is 8.06. The minimum Gasteiger partial charge on any atom is -0.304 e. The van der Waals surface area contributed by atoms with Gasteiger partial charge < -0.3 is 9.69 Å². The van der Waals surface area contributed by atoms with Crippen molar-refractivity contribution in [1.82, 2.24) is 0 Å². The van der Waals surface area contributed by atoms with Crippen LogP contribution in [-0.4, -0.2) is 24.5 Å². The molecule has 0 radical (unpaired) electrons. The van der Waals surface area contributed by atoms with E-state index in [1.807, 2.05) is 13.0 Å². The van der Waals surface area contributed by atoms with E-state index in [1.165, 1.54) is 4.90 Å². The van der Waals surface area contributed by atoms with Gasteiger partial charge in [-0.3, -0.25) is 9.59 Å². The van der Waals surface area contributed by atoms with Gasteiger partial charge in [-0.15, -0.1) is 0 Å². The molecule has 1 aliphatic heterocycles. The standard InChI is InChI=1S/C12H10BrNO3/c1-7-5-8(13)6-9-10(7)14(3-2-4-15)12(17)11(9)16/h4-6H,2-3H2,1H3. The van der Waals surface area contributed by atoms with Gasteiger partial charge >= 0.3 is 0 Å². The number of Topliss-reactive ketones (excluding diaryl/α,β-unsaturated/α-hetero) is 1. The largest absolute Gasteiger partial charge is 0.304 e. The van der Waals surface area contributed by atoms with Crippen molar-refractivity contribution >= 4 is 39.6 Å². The number of halogens is 1. The maximum Gasteiger partial charge on any atom is 0.299 e. The number of carbonyl (C=O) groups is 3. The van der Waals surface area contributed by atoms with Gasteiger partial charge in [0, 0.05) is 17.4 Å². The molecule has 0 saturated heterocycles. The minimum atomic E-state index is -0.553. The van der Waals surface area contributed by atoms with E-state index in [1.54, 1.807) is 6.07 Å². The fraction of sp³-hybridized carbons (Fsp3) is 0.250.